The molecule has 0 radical (unpaired) electrons. The molecule has 3 rings (SSSR count). The highest BCUT2D eigenvalue weighted by Gasteiger charge is 2.24. The summed E-state index contributed by atoms with van der Waals surface area (Å²) in [4.78, 5) is 35.0. The molecule has 0 saturated carbocycles. The lowest BCUT2D eigenvalue weighted by Gasteiger charge is -2.20. The molecule has 0 heterocycles. The number of hydrogen-bond donors (Lipinski definition) is 1. The molecule has 0 bridgehead atoms. The van der Waals surface area contributed by atoms with E-state index in [0.29, 0.717) is 5.69 Å². The number of anilines is 2. The highest BCUT2D eigenvalue weighted by atomic mass is 35.5. The summed E-state index contributed by atoms with van der Waals surface area (Å²) in [6.45, 7) is -0.776. The largest absolute Gasteiger partial charge is 0.495 e. The van der Waals surface area contributed by atoms with Crippen LogP contribution < -0.4 is 14.4 Å². The number of rotatable bonds is 9. The van der Waals surface area contributed by atoms with Crippen molar-refractivity contribution < 1.29 is 32.4 Å². The third-order valence-electron chi connectivity index (χ3n) is 4.94. The van der Waals surface area contributed by atoms with Gasteiger partial charge in [-0.15, -0.1) is 0 Å². The number of amides is 1. The Balaban J connectivity index is 1.74. The Hall–Kier alpha value is -4.16. The van der Waals surface area contributed by atoms with E-state index in [4.69, 9.17) is 21.1 Å². The lowest BCUT2D eigenvalue weighted by Crippen LogP contribution is -2.27. The van der Waals surface area contributed by atoms with Crippen LogP contribution in [0.5, 0.6) is 5.75 Å². The Morgan fingerprint density at radius 1 is 1.08 bits per heavy atom. The fourth-order valence-electron chi connectivity index (χ4n) is 3.06. The molecule has 0 aliphatic heterocycles. The normalized spacial score (nSPS) is 10.9. The molecule has 36 heavy (non-hydrogen) atoms. The van der Waals surface area contributed by atoms with E-state index in [0.717, 1.165) is 16.4 Å². The lowest BCUT2D eigenvalue weighted by molar-refractivity contribution is -0.384. The summed E-state index contributed by atoms with van der Waals surface area (Å²) in [6.07, 6.45) is 0. The minimum absolute atomic E-state index is 0.00261. The number of nitro benzene ring substituents is 1. The number of halogens is 1. The molecule has 0 aromatic heterocycles. The van der Waals surface area contributed by atoms with Crippen LogP contribution in [0.4, 0.5) is 17.1 Å². The van der Waals surface area contributed by atoms with Gasteiger partial charge in [0.05, 0.1) is 38.9 Å². The number of hydrogen-bond acceptors (Lipinski definition) is 8. The molecule has 0 aliphatic rings. The predicted octanol–water partition coefficient (Wildman–Crippen LogP) is 3.88. The molecule has 0 fully saturated rings. The summed E-state index contributed by atoms with van der Waals surface area (Å²) in [5.74, 6) is -1.70. The van der Waals surface area contributed by atoms with Crippen molar-refractivity contribution >= 4 is 50.6 Å². The number of nitro groups is 1. The average molecular weight is 534 g/mol. The van der Waals surface area contributed by atoms with Crippen molar-refractivity contribution in [1.82, 2.24) is 0 Å². The van der Waals surface area contributed by atoms with Crippen LogP contribution in [0.25, 0.3) is 0 Å². The van der Waals surface area contributed by atoms with Gasteiger partial charge in [-0.1, -0.05) is 29.8 Å². The molecule has 0 spiro atoms. The number of carbonyl (C=O) groups is 2. The Morgan fingerprint density at radius 2 is 1.78 bits per heavy atom. The van der Waals surface area contributed by atoms with Crippen LogP contribution in [0.1, 0.15) is 10.4 Å². The maximum absolute atomic E-state index is 13.0. The SMILES string of the molecule is COc1ccc([N+](=O)[O-])cc1NC(=O)COC(=O)c1cc(S(=O)(=O)N(C)c2ccccc2)ccc1Cl. The summed E-state index contributed by atoms with van der Waals surface area (Å²) in [6, 6.07) is 15.5. The smallest absolute Gasteiger partial charge is 0.340 e. The topological polar surface area (TPSA) is 145 Å². The quantitative estimate of drug-likeness (QED) is 0.248. The number of methoxy groups -OCH3 is 1. The van der Waals surface area contributed by atoms with E-state index in [9.17, 15) is 28.1 Å². The van der Waals surface area contributed by atoms with E-state index in [1.165, 1.54) is 38.4 Å². The molecule has 0 aliphatic carbocycles. The first kappa shape index (κ1) is 26.4. The van der Waals surface area contributed by atoms with Crippen LogP contribution in [0.2, 0.25) is 5.02 Å². The van der Waals surface area contributed by atoms with E-state index in [1.54, 1.807) is 30.3 Å². The zero-order valence-electron chi connectivity index (χ0n) is 19.0. The van der Waals surface area contributed by atoms with Gasteiger partial charge in [0.15, 0.2) is 6.61 Å². The van der Waals surface area contributed by atoms with Gasteiger partial charge in [0.1, 0.15) is 5.75 Å². The molecular formula is C23H20ClN3O8S. The summed E-state index contributed by atoms with van der Waals surface area (Å²) in [5, 5.41) is 13.3. The molecule has 0 unspecified atom stereocenters. The van der Waals surface area contributed by atoms with Gasteiger partial charge in [-0.2, -0.15) is 0 Å². The molecule has 1 N–H and O–H groups in total. The Kier molecular flexibility index (Phi) is 8.12. The molecular weight excluding hydrogens is 514 g/mol. The number of carbonyl (C=O) groups excluding carboxylic acids is 2. The van der Waals surface area contributed by atoms with E-state index >= 15 is 0 Å². The van der Waals surface area contributed by atoms with Crippen molar-refractivity contribution in [2.75, 3.05) is 30.4 Å². The zero-order chi connectivity index (χ0) is 26.5. The minimum atomic E-state index is -4.04. The maximum atomic E-state index is 13.0. The highest BCUT2D eigenvalue weighted by molar-refractivity contribution is 7.92. The number of ether oxygens (including phenoxy) is 2. The van der Waals surface area contributed by atoms with Gasteiger partial charge in [-0.3, -0.25) is 19.2 Å². The molecule has 1 amide bonds. The first-order valence-corrected chi connectivity index (χ1v) is 12.0. The zero-order valence-corrected chi connectivity index (χ0v) is 20.6. The van der Waals surface area contributed by atoms with E-state index in [1.807, 2.05) is 0 Å². The summed E-state index contributed by atoms with van der Waals surface area (Å²) < 4.78 is 37.2. The third kappa shape index (κ3) is 5.90. The van der Waals surface area contributed by atoms with Crippen LogP contribution in [0.3, 0.4) is 0 Å². The van der Waals surface area contributed by atoms with Gasteiger partial charge < -0.3 is 14.8 Å². The predicted molar refractivity (Wildman–Crippen MR) is 132 cm³/mol. The Bertz CT molecular complexity index is 1410. The minimum Gasteiger partial charge on any atom is -0.495 e. The number of nitrogens with one attached hydrogen (secondary N) is 1. The summed E-state index contributed by atoms with van der Waals surface area (Å²) in [7, 11) is -1.36. The molecule has 0 atom stereocenters. The second kappa shape index (κ2) is 11.1. The first-order chi connectivity index (χ1) is 17.0. The summed E-state index contributed by atoms with van der Waals surface area (Å²) in [5.41, 5.74) is -0.138. The van der Waals surface area contributed by atoms with Gasteiger partial charge in [-0.25, -0.2) is 13.2 Å². The van der Waals surface area contributed by atoms with E-state index < -0.39 is 33.4 Å². The number of non-ortho nitro benzene ring substituents is 1. The van der Waals surface area contributed by atoms with Gasteiger partial charge in [-0.05, 0) is 36.4 Å². The fourth-order valence-corrected chi connectivity index (χ4v) is 4.48. The first-order valence-electron chi connectivity index (χ1n) is 10.2. The second-order valence-electron chi connectivity index (χ2n) is 7.22. The standard InChI is InChI=1S/C23H20ClN3O8S/c1-26(15-6-4-3-5-7-15)36(32,33)17-9-10-19(24)18(13-17)23(29)35-14-22(28)25-20-12-16(27(30)31)8-11-21(20)34-2/h3-13H,14H2,1-2H3,(H,25,28). The molecule has 13 heteroatoms. The van der Waals surface area contributed by atoms with Crippen LogP contribution in [0.15, 0.2) is 71.6 Å². The van der Waals surface area contributed by atoms with Crippen molar-refractivity contribution in [3.05, 3.63) is 87.4 Å². The van der Waals surface area contributed by atoms with E-state index in [2.05, 4.69) is 5.32 Å². The summed E-state index contributed by atoms with van der Waals surface area (Å²) >= 11 is 6.08. The monoisotopic (exact) mass is 533 g/mol. The van der Waals surface area contributed by atoms with E-state index in [-0.39, 0.29) is 32.6 Å². The highest BCUT2D eigenvalue weighted by Crippen LogP contribution is 2.29. The Morgan fingerprint density at radius 3 is 2.42 bits per heavy atom. The molecule has 0 saturated heterocycles. The van der Waals surface area contributed by atoms with Gasteiger partial charge in [0, 0.05) is 19.2 Å². The van der Waals surface area contributed by atoms with Crippen LogP contribution in [-0.2, 0) is 19.6 Å². The lowest BCUT2D eigenvalue weighted by atomic mass is 10.2. The number of nitrogens with zero attached hydrogens (tertiary/aromatic N) is 2. The third-order valence-corrected chi connectivity index (χ3v) is 7.05. The van der Waals surface area contributed by atoms with Crippen LogP contribution in [-0.4, -0.2) is 46.0 Å². The van der Waals surface area contributed by atoms with Gasteiger partial charge in [0.25, 0.3) is 21.6 Å². The van der Waals surface area contributed by atoms with Crippen molar-refractivity contribution in [3.63, 3.8) is 0 Å². The number of esters is 1. The maximum Gasteiger partial charge on any atom is 0.340 e. The molecule has 3 aromatic carbocycles. The number of sulfonamides is 1. The second-order valence-corrected chi connectivity index (χ2v) is 9.59. The fraction of sp³-hybridized carbons (Fsp3) is 0.130. The van der Waals surface area contributed by atoms with Crippen LogP contribution in [0, 0.1) is 10.1 Å². The van der Waals surface area contributed by atoms with Crippen LogP contribution >= 0.6 is 11.6 Å². The van der Waals surface area contributed by atoms with Crippen molar-refractivity contribution in [3.8, 4) is 5.75 Å². The molecule has 188 valence electrons. The average Bonchev–Trinajstić information content (AvgIpc) is 2.87. The Labute approximate surface area is 211 Å². The molecule has 11 nitrogen and oxygen atoms in total. The van der Waals surface area contributed by atoms with Crippen molar-refractivity contribution in [1.29, 1.82) is 0 Å². The van der Waals surface area contributed by atoms with Gasteiger partial charge >= 0.3 is 5.97 Å². The number of benzene rings is 3. The van der Waals surface area contributed by atoms with Crippen molar-refractivity contribution in [2.24, 2.45) is 0 Å². The van der Waals surface area contributed by atoms with Crippen molar-refractivity contribution in [2.45, 2.75) is 4.90 Å². The van der Waals surface area contributed by atoms with Gasteiger partial charge in [0.2, 0.25) is 0 Å². The molecule has 3 aromatic rings. The number of para-hydroxylation sites is 1.